The van der Waals surface area contributed by atoms with Crippen LogP contribution in [0.1, 0.15) is 64.2 Å². The van der Waals surface area contributed by atoms with Crippen LogP contribution in [-0.4, -0.2) is 78.3 Å². The Morgan fingerprint density at radius 2 is 0.816 bits per heavy atom. The van der Waals surface area contributed by atoms with Crippen molar-refractivity contribution in [2.75, 3.05) is 0 Å². The zero-order valence-electron chi connectivity index (χ0n) is 19.5. The average molecular weight is 582 g/mol. The summed E-state index contributed by atoms with van der Waals surface area (Å²) in [4.78, 5) is 117. The Morgan fingerprint density at radius 3 is 1.03 bits per heavy atom. The average Bonchev–Trinajstić information content (AvgIpc) is 3.45. The maximum Gasteiger partial charge on any atom is 0.333 e. The number of hydroxylamine groups is 6. The van der Waals surface area contributed by atoms with Gasteiger partial charge in [0.05, 0.1) is 12.8 Å². The molecule has 3 saturated heterocycles. The molecule has 3 fully saturated rings. The number of amides is 6. The van der Waals surface area contributed by atoms with Gasteiger partial charge < -0.3 is 9.68 Å². The van der Waals surface area contributed by atoms with Crippen molar-refractivity contribution >= 4 is 81.1 Å². The molecule has 0 unspecified atom stereocenters. The summed E-state index contributed by atoms with van der Waals surface area (Å²) in [7, 11) is 0. The molecule has 16 nitrogen and oxygen atoms in total. The highest BCUT2D eigenvalue weighted by molar-refractivity contribution is 6.65. The topological polar surface area (TPSA) is 219 Å². The molecule has 18 heteroatoms. The number of rotatable bonds is 8. The SMILES string of the molecule is O=C(CCC(=O)ON1C(=O)CCC1=O)ON1C(=O)CCC1=O.O=C(Cl)CCC(=O)Cl.O=C1CCC(=O)N1O. The van der Waals surface area contributed by atoms with Gasteiger partial charge in [-0.2, -0.15) is 5.06 Å². The number of hydrogen-bond donors (Lipinski definition) is 1. The Bertz CT molecular complexity index is 933. The lowest BCUT2D eigenvalue weighted by Crippen LogP contribution is -2.33. The number of carbonyl (C=O) groups is 10. The van der Waals surface area contributed by atoms with E-state index in [-0.39, 0.29) is 56.4 Å². The van der Waals surface area contributed by atoms with Crippen molar-refractivity contribution in [3.8, 4) is 0 Å². The van der Waals surface area contributed by atoms with Gasteiger partial charge in [-0.05, 0) is 23.2 Å². The molecule has 0 atom stereocenters. The van der Waals surface area contributed by atoms with E-state index in [4.69, 9.17) is 28.4 Å². The molecule has 0 radical (unpaired) electrons. The molecule has 0 saturated carbocycles. The Hall–Kier alpha value is -3.76. The molecule has 0 aliphatic carbocycles. The Labute approximate surface area is 223 Å². The minimum atomic E-state index is -0.973. The predicted molar refractivity (Wildman–Crippen MR) is 117 cm³/mol. The molecule has 3 heterocycles. The Kier molecular flexibility index (Phi) is 13.1. The summed E-state index contributed by atoms with van der Waals surface area (Å²) in [6, 6.07) is 0. The molecule has 3 aliphatic rings. The van der Waals surface area contributed by atoms with Gasteiger partial charge in [-0.1, -0.05) is 0 Å². The summed E-state index contributed by atoms with van der Waals surface area (Å²) in [6.45, 7) is 0. The predicted octanol–water partition coefficient (Wildman–Crippen LogP) is -0.197. The zero-order chi connectivity index (χ0) is 29.0. The van der Waals surface area contributed by atoms with Gasteiger partial charge >= 0.3 is 11.9 Å². The summed E-state index contributed by atoms with van der Waals surface area (Å²) in [5, 5.41) is 8.23. The summed E-state index contributed by atoms with van der Waals surface area (Å²) >= 11 is 9.74. The lowest BCUT2D eigenvalue weighted by atomic mass is 10.3. The lowest BCUT2D eigenvalue weighted by Gasteiger charge is -2.13. The normalized spacial score (nSPS) is 16.7. The van der Waals surface area contributed by atoms with Gasteiger partial charge in [0.25, 0.3) is 35.4 Å². The number of hydrogen-bond acceptors (Lipinski definition) is 13. The van der Waals surface area contributed by atoms with Crippen LogP contribution in [0.4, 0.5) is 0 Å². The van der Waals surface area contributed by atoms with Crippen molar-refractivity contribution in [2.45, 2.75) is 64.2 Å². The molecule has 6 amide bonds. The molecular formula is C20H21Cl2N3O13. The standard InChI is InChI=1S/C12H12N2O8.C4H4Cl2O2.C4H5NO3/c15-7-1-2-8(16)13(7)21-11(19)5-6-12(20)22-14-9(17)3-4-10(14)18;5-3(7)1-2-4(6)8;6-3-1-2-4(7)5(3)8/h1-6H2;1-2H2;8H,1-2H2. The molecule has 1 N–H and O–H groups in total. The highest BCUT2D eigenvalue weighted by Gasteiger charge is 2.34. The van der Waals surface area contributed by atoms with Crippen molar-refractivity contribution in [2.24, 2.45) is 0 Å². The summed E-state index contributed by atoms with van der Waals surface area (Å²) < 4.78 is 0. The summed E-state index contributed by atoms with van der Waals surface area (Å²) in [6.07, 6.45) is -0.710. The maximum absolute atomic E-state index is 11.4. The van der Waals surface area contributed by atoms with E-state index >= 15 is 0 Å². The fourth-order valence-electron chi connectivity index (χ4n) is 2.58. The number of nitrogens with zero attached hydrogens (tertiary/aromatic N) is 3. The first-order valence-corrected chi connectivity index (χ1v) is 11.5. The third-order valence-corrected chi connectivity index (χ3v) is 4.85. The van der Waals surface area contributed by atoms with Gasteiger partial charge in [0, 0.05) is 51.4 Å². The first-order valence-electron chi connectivity index (χ1n) is 10.8. The molecule has 208 valence electrons. The molecule has 0 aromatic heterocycles. The maximum atomic E-state index is 11.4. The van der Waals surface area contributed by atoms with Gasteiger partial charge in [0.15, 0.2) is 0 Å². The largest absolute Gasteiger partial charge is 0.333 e. The quantitative estimate of drug-likeness (QED) is 0.223. The molecule has 0 aromatic carbocycles. The van der Waals surface area contributed by atoms with E-state index in [2.05, 4.69) is 9.68 Å². The van der Waals surface area contributed by atoms with Crippen LogP contribution in [0.3, 0.4) is 0 Å². The minimum Gasteiger partial charge on any atom is -0.330 e. The molecule has 38 heavy (non-hydrogen) atoms. The van der Waals surface area contributed by atoms with Crippen LogP contribution in [0.15, 0.2) is 0 Å². The van der Waals surface area contributed by atoms with E-state index in [0.29, 0.717) is 10.1 Å². The summed E-state index contributed by atoms with van der Waals surface area (Å²) in [5.41, 5.74) is 0. The van der Waals surface area contributed by atoms with Crippen LogP contribution in [0.2, 0.25) is 0 Å². The van der Waals surface area contributed by atoms with E-state index in [1.807, 2.05) is 0 Å². The molecule has 3 rings (SSSR count). The molecule has 0 bridgehead atoms. The highest BCUT2D eigenvalue weighted by Crippen LogP contribution is 2.15. The number of carbonyl (C=O) groups excluding carboxylic acids is 10. The molecule has 0 spiro atoms. The van der Waals surface area contributed by atoms with Gasteiger partial charge in [-0.3, -0.25) is 43.6 Å². The van der Waals surface area contributed by atoms with Crippen LogP contribution in [0.25, 0.3) is 0 Å². The smallest absolute Gasteiger partial charge is 0.330 e. The lowest BCUT2D eigenvalue weighted by molar-refractivity contribution is -0.201. The Morgan fingerprint density at radius 1 is 0.553 bits per heavy atom. The third kappa shape index (κ3) is 11.1. The molecule has 0 aromatic rings. The van der Waals surface area contributed by atoms with E-state index in [9.17, 15) is 47.9 Å². The fourth-order valence-corrected chi connectivity index (χ4v) is 2.77. The monoisotopic (exact) mass is 581 g/mol. The minimum absolute atomic E-state index is 0.0316. The highest BCUT2D eigenvalue weighted by atomic mass is 35.5. The first-order chi connectivity index (χ1) is 17.7. The van der Waals surface area contributed by atoms with E-state index in [1.165, 1.54) is 0 Å². The zero-order valence-corrected chi connectivity index (χ0v) is 21.0. The van der Waals surface area contributed by atoms with Crippen molar-refractivity contribution in [3.05, 3.63) is 0 Å². The van der Waals surface area contributed by atoms with Gasteiger partial charge in [-0.25, -0.2) is 9.59 Å². The van der Waals surface area contributed by atoms with Crippen LogP contribution in [0.5, 0.6) is 0 Å². The summed E-state index contributed by atoms with van der Waals surface area (Å²) in [5.74, 6) is -5.48. The first kappa shape index (κ1) is 32.3. The second kappa shape index (κ2) is 15.5. The second-order valence-corrected chi connectivity index (χ2v) is 8.24. The Balaban J connectivity index is 0.000000368. The van der Waals surface area contributed by atoms with Crippen LogP contribution in [-0.2, 0) is 57.6 Å². The van der Waals surface area contributed by atoms with Crippen molar-refractivity contribution in [3.63, 3.8) is 0 Å². The van der Waals surface area contributed by atoms with Gasteiger partial charge in [0.2, 0.25) is 10.5 Å². The second-order valence-electron chi connectivity index (χ2n) is 7.40. The third-order valence-electron chi connectivity index (χ3n) is 4.47. The van der Waals surface area contributed by atoms with E-state index in [0.717, 1.165) is 0 Å². The van der Waals surface area contributed by atoms with Crippen LogP contribution >= 0.6 is 23.2 Å². The fraction of sp³-hybridized carbons (Fsp3) is 0.500. The van der Waals surface area contributed by atoms with Crippen LogP contribution < -0.4 is 0 Å². The van der Waals surface area contributed by atoms with Gasteiger partial charge in [-0.15, -0.1) is 10.1 Å². The van der Waals surface area contributed by atoms with Gasteiger partial charge in [0.1, 0.15) is 0 Å². The molecule has 3 aliphatic heterocycles. The number of halogens is 2. The van der Waals surface area contributed by atoms with Crippen molar-refractivity contribution in [1.82, 2.24) is 15.2 Å². The van der Waals surface area contributed by atoms with Crippen molar-refractivity contribution < 1.29 is 62.8 Å². The van der Waals surface area contributed by atoms with Crippen LogP contribution in [0, 0.1) is 0 Å². The van der Waals surface area contributed by atoms with E-state index in [1.54, 1.807) is 0 Å². The number of imide groups is 3. The van der Waals surface area contributed by atoms with E-state index < -0.39 is 70.7 Å². The molecular weight excluding hydrogens is 561 g/mol. The van der Waals surface area contributed by atoms with Crippen molar-refractivity contribution in [1.29, 1.82) is 0 Å².